The molecule has 3 heterocycles. The van der Waals surface area contributed by atoms with Crippen LogP contribution in [0.3, 0.4) is 0 Å². The minimum Gasteiger partial charge on any atom is -0.454 e. The minimum atomic E-state index is -0.744. The molecule has 0 bridgehead atoms. The van der Waals surface area contributed by atoms with Gasteiger partial charge in [0.15, 0.2) is 11.6 Å². The molecule has 220 valence electrons. The fraction of sp³-hybridized carbons (Fsp3) is 0.333. The number of ether oxygens (including phenoxy) is 1. The van der Waals surface area contributed by atoms with Gasteiger partial charge in [-0.1, -0.05) is 0 Å². The zero-order chi connectivity index (χ0) is 29.5. The number of hydrogen-bond acceptors (Lipinski definition) is 6. The average Bonchev–Trinajstić information content (AvgIpc) is 3.51. The number of halogens is 2. The lowest BCUT2D eigenvalue weighted by Crippen LogP contribution is -2.47. The topological polar surface area (TPSA) is 116 Å². The molecule has 3 aromatic rings. The molecule has 2 aliphatic heterocycles. The van der Waals surface area contributed by atoms with Crippen molar-refractivity contribution in [1.29, 1.82) is 0 Å². The molecular weight excluding hydrogens is 546 g/mol. The Labute approximate surface area is 242 Å². The van der Waals surface area contributed by atoms with Crippen LogP contribution in [0.1, 0.15) is 32.1 Å². The summed E-state index contributed by atoms with van der Waals surface area (Å²) in [5.41, 5.74) is 0.480. The molecule has 2 saturated heterocycles. The Hall–Kier alpha value is -4.58. The van der Waals surface area contributed by atoms with E-state index in [1.54, 1.807) is 4.90 Å². The lowest BCUT2D eigenvalue weighted by atomic mass is 10.0. The van der Waals surface area contributed by atoms with E-state index in [0.717, 1.165) is 32.0 Å². The summed E-state index contributed by atoms with van der Waals surface area (Å²) in [4.78, 5) is 45.6. The summed E-state index contributed by atoms with van der Waals surface area (Å²) in [6, 6.07) is 12.3. The summed E-state index contributed by atoms with van der Waals surface area (Å²) in [7, 11) is 0. The third-order valence-corrected chi connectivity index (χ3v) is 7.27. The van der Waals surface area contributed by atoms with Crippen LogP contribution in [0.15, 0.2) is 60.8 Å². The van der Waals surface area contributed by atoms with Crippen LogP contribution in [-0.2, 0) is 9.59 Å². The van der Waals surface area contributed by atoms with E-state index >= 15 is 0 Å². The van der Waals surface area contributed by atoms with Crippen molar-refractivity contribution < 1.29 is 27.9 Å². The van der Waals surface area contributed by atoms with Gasteiger partial charge in [-0.25, -0.2) is 18.6 Å². The van der Waals surface area contributed by atoms with Gasteiger partial charge in [-0.05, 0) is 81.2 Å². The molecule has 10 nitrogen and oxygen atoms in total. The zero-order valence-corrected chi connectivity index (χ0v) is 22.9. The van der Waals surface area contributed by atoms with Crippen molar-refractivity contribution in [3.8, 4) is 11.5 Å². The number of nitrogens with zero attached hydrogens (tertiary/aromatic N) is 3. The van der Waals surface area contributed by atoms with E-state index in [1.165, 1.54) is 67.6 Å². The van der Waals surface area contributed by atoms with Gasteiger partial charge < -0.3 is 25.2 Å². The molecule has 1 aromatic heterocycles. The molecule has 0 unspecified atom stereocenters. The molecule has 42 heavy (non-hydrogen) atoms. The SMILES string of the molecule is O=C(CC(=O)Nc1ccc(Oc2ccnc(NC(=O)N3CCC(N4CCCC4)CC3)c2)c(F)c1)Nc1ccc(F)cc1. The van der Waals surface area contributed by atoms with Gasteiger partial charge in [-0.2, -0.15) is 0 Å². The third kappa shape index (κ3) is 7.78. The molecule has 0 atom stereocenters. The van der Waals surface area contributed by atoms with Gasteiger partial charge in [0.25, 0.3) is 0 Å². The van der Waals surface area contributed by atoms with E-state index in [2.05, 4.69) is 25.8 Å². The number of likely N-dealkylation sites (tertiary alicyclic amines) is 2. The number of anilines is 3. The van der Waals surface area contributed by atoms with Crippen molar-refractivity contribution in [2.24, 2.45) is 0 Å². The van der Waals surface area contributed by atoms with Crippen molar-refractivity contribution in [2.45, 2.75) is 38.1 Å². The Morgan fingerprint density at radius 3 is 2.19 bits per heavy atom. The summed E-state index contributed by atoms with van der Waals surface area (Å²) >= 11 is 0. The van der Waals surface area contributed by atoms with Gasteiger partial charge >= 0.3 is 6.03 Å². The number of aromatic nitrogens is 1. The molecule has 0 spiro atoms. The van der Waals surface area contributed by atoms with Gasteiger partial charge in [0, 0.05) is 48.8 Å². The molecule has 0 radical (unpaired) electrons. The van der Waals surface area contributed by atoms with Crippen LogP contribution in [0.5, 0.6) is 11.5 Å². The molecular formula is C30H32F2N6O4. The van der Waals surface area contributed by atoms with Crippen molar-refractivity contribution in [1.82, 2.24) is 14.8 Å². The normalized spacial score (nSPS) is 15.7. The highest BCUT2D eigenvalue weighted by atomic mass is 19.1. The summed E-state index contributed by atoms with van der Waals surface area (Å²) in [5.74, 6) is -2.01. The van der Waals surface area contributed by atoms with E-state index in [9.17, 15) is 23.2 Å². The highest BCUT2D eigenvalue weighted by Crippen LogP contribution is 2.28. The Morgan fingerprint density at radius 1 is 0.833 bits per heavy atom. The summed E-state index contributed by atoms with van der Waals surface area (Å²) in [5, 5.41) is 7.74. The van der Waals surface area contributed by atoms with Gasteiger partial charge in [0.05, 0.1) is 0 Å². The molecule has 12 heteroatoms. The van der Waals surface area contributed by atoms with Crippen molar-refractivity contribution in [3.05, 3.63) is 72.4 Å². The van der Waals surface area contributed by atoms with E-state index in [-0.39, 0.29) is 29.0 Å². The van der Waals surface area contributed by atoms with E-state index in [0.29, 0.717) is 24.8 Å². The highest BCUT2D eigenvalue weighted by Gasteiger charge is 2.28. The molecule has 0 saturated carbocycles. The first-order valence-electron chi connectivity index (χ1n) is 13.9. The Kier molecular flexibility index (Phi) is 9.22. The second-order valence-electron chi connectivity index (χ2n) is 10.3. The van der Waals surface area contributed by atoms with Crippen molar-refractivity contribution in [3.63, 3.8) is 0 Å². The molecule has 3 N–H and O–H groups in total. The quantitative estimate of drug-likeness (QED) is 0.316. The number of carbonyl (C=O) groups excluding carboxylic acids is 3. The Bertz CT molecular complexity index is 1420. The Balaban J connectivity index is 1.10. The fourth-order valence-corrected chi connectivity index (χ4v) is 5.15. The van der Waals surface area contributed by atoms with Crippen molar-refractivity contribution >= 4 is 35.0 Å². The maximum absolute atomic E-state index is 14.8. The standard InChI is InChI=1S/C30H32F2N6O4/c31-20-3-5-21(6-4-20)34-28(39)19-29(40)35-22-7-8-26(25(32)17-22)42-24-9-12-33-27(18-24)36-30(41)38-15-10-23(11-16-38)37-13-1-2-14-37/h3-9,12,17-18,23H,1-2,10-11,13-16,19H2,(H,34,39)(H,35,40)(H,33,36,41). The number of benzene rings is 2. The van der Waals surface area contributed by atoms with Crippen LogP contribution >= 0.6 is 0 Å². The first-order valence-corrected chi connectivity index (χ1v) is 13.9. The molecule has 0 aliphatic carbocycles. The van der Waals surface area contributed by atoms with Gasteiger partial charge in [-0.15, -0.1) is 0 Å². The highest BCUT2D eigenvalue weighted by molar-refractivity contribution is 6.08. The zero-order valence-electron chi connectivity index (χ0n) is 22.9. The number of rotatable bonds is 8. The van der Waals surface area contributed by atoms with Gasteiger partial charge in [-0.3, -0.25) is 14.9 Å². The van der Waals surface area contributed by atoms with Crippen LogP contribution in [0.4, 0.5) is 30.8 Å². The van der Waals surface area contributed by atoms with Crippen LogP contribution in [0.25, 0.3) is 0 Å². The first-order chi connectivity index (χ1) is 20.3. The monoisotopic (exact) mass is 578 g/mol. The number of hydrogen-bond donors (Lipinski definition) is 3. The molecule has 4 amide bonds. The number of piperidine rings is 1. The van der Waals surface area contributed by atoms with E-state index in [4.69, 9.17) is 4.74 Å². The number of carbonyl (C=O) groups is 3. The Morgan fingerprint density at radius 2 is 1.50 bits per heavy atom. The largest absolute Gasteiger partial charge is 0.454 e. The summed E-state index contributed by atoms with van der Waals surface area (Å²) < 4.78 is 33.4. The number of nitrogens with one attached hydrogen (secondary N) is 3. The summed E-state index contributed by atoms with van der Waals surface area (Å²) in [6.07, 6.45) is 5.33. The fourth-order valence-electron chi connectivity index (χ4n) is 5.15. The maximum Gasteiger partial charge on any atom is 0.323 e. The van der Waals surface area contributed by atoms with E-state index < -0.39 is 29.9 Å². The predicted octanol–water partition coefficient (Wildman–Crippen LogP) is 5.21. The number of pyridine rings is 1. The summed E-state index contributed by atoms with van der Waals surface area (Å²) in [6.45, 7) is 3.64. The second-order valence-corrected chi connectivity index (χ2v) is 10.3. The van der Waals surface area contributed by atoms with Crippen LogP contribution in [0.2, 0.25) is 0 Å². The van der Waals surface area contributed by atoms with Crippen LogP contribution in [0, 0.1) is 11.6 Å². The van der Waals surface area contributed by atoms with E-state index in [1.807, 2.05) is 0 Å². The predicted molar refractivity (Wildman–Crippen MR) is 153 cm³/mol. The third-order valence-electron chi connectivity index (χ3n) is 7.27. The molecule has 2 aliphatic rings. The van der Waals surface area contributed by atoms with Crippen LogP contribution in [-0.4, -0.2) is 64.9 Å². The lowest BCUT2D eigenvalue weighted by molar-refractivity contribution is -0.123. The molecule has 5 rings (SSSR count). The smallest absolute Gasteiger partial charge is 0.323 e. The first kappa shape index (κ1) is 28.9. The van der Waals surface area contributed by atoms with Crippen LogP contribution < -0.4 is 20.7 Å². The molecule has 2 fully saturated rings. The number of amides is 4. The van der Waals surface area contributed by atoms with Gasteiger partial charge in [0.1, 0.15) is 23.8 Å². The minimum absolute atomic E-state index is 0.102. The maximum atomic E-state index is 14.8. The van der Waals surface area contributed by atoms with Crippen molar-refractivity contribution in [2.75, 3.05) is 42.1 Å². The number of urea groups is 1. The lowest BCUT2D eigenvalue weighted by Gasteiger charge is -2.36. The van der Waals surface area contributed by atoms with Gasteiger partial charge in [0.2, 0.25) is 11.8 Å². The average molecular weight is 579 g/mol. The second kappa shape index (κ2) is 13.4. The molecule has 2 aromatic carbocycles.